The molecule has 0 unspecified atom stereocenters. The molecule has 1 amide bonds. The number of rotatable bonds is 14. The van der Waals surface area contributed by atoms with E-state index >= 15 is 0 Å². The van der Waals surface area contributed by atoms with Crippen molar-refractivity contribution in [1.29, 1.82) is 5.26 Å². The van der Waals surface area contributed by atoms with E-state index in [9.17, 15) is 10.1 Å². The number of carbonyl (C=O) groups excluding carboxylic acids is 1. The first-order valence-electron chi connectivity index (χ1n) is 16.6. The molecule has 47 heavy (non-hydrogen) atoms. The summed E-state index contributed by atoms with van der Waals surface area (Å²) < 4.78 is 6.18. The van der Waals surface area contributed by atoms with Gasteiger partial charge < -0.3 is 25.3 Å². The number of nitrogens with zero attached hydrogens (tertiary/aromatic N) is 2. The molecule has 1 aromatic heterocycles. The highest BCUT2D eigenvalue weighted by Gasteiger charge is 2.20. The van der Waals surface area contributed by atoms with Crippen LogP contribution in [0.15, 0.2) is 83.3 Å². The molecule has 7 nitrogen and oxygen atoms in total. The summed E-state index contributed by atoms with van der Waals surface area (Å²) in [5.41, 5.74) is 5.36. The molecule has 3 N–H and O–H groups in total. The van der Waals surface area contributed by atoms with E-state index < -0.39 is 0 Å². The first-order chi connectivity index (χ1) is 22.8. The second kappa shape index (κ2) is 16.8. The summed E-state index contributed by atoms with van der Waals surface area (Å²) in [6.07, 6.45) is 3.85. The number of nitrogens with one attached hydrogen (secondary N) is 3. The molecule has 1 aliphatic rings. The molecule has 8 heteroatoms. The average Bonchev–Trinajstić information content (AvgIpc) is 3.56. The van der Waals surface area contributed by atoms with Crippen molar-refractivity contribution in [2.45, 2.75) is 58.2 Å². The summed E-state index contributed by atoms with van der Waals surface area (Å²) in [4.78, 5) is 16.1. The fraction of sp³-hybridized carbons (Fsp3) is 0.385. The van der Waals surface area contributed by atoms with Gasteiger partial charge in [-0.15, -0.1) is 0 Å². The molecule has 0 saturated carbocycles. The van der Waals surface area contributed by atoms with Crippen LogP contribution in [0.25, 0.3) is 11.3 Å². The third kappa shape index (κ3) is 10.0. The normalized spacial score (nSPS) is 15.2. The molecule has 1 aliphatic heterocycles. The third-order valence-corrected chi connectivity index (χ3v) is 9.49. The van der Waals surface area contributed by atoms with Crippen molar-refractivity contribution in [1.82, 2.24) is 20.9 Å². The molecule has 246 valence electrons. The van der Waals surface area contributed by atoms with E-state index in [-0.39, 0.29) is 18.0 Å². The SMILES string of the molecule is Cc1ccc([C@@H](C)NCc2ccc(-c3ccc(Cl)c(C(=O)N[C@@H](CCNCC4CCN(C)CC4)Cc4ccc(C#N)cc4)c3)o2)cc1. The van der Waals surface area contributed by atoms with Crippen molar-refractivity contribution in [3.63, 3.8) is 0 Å². The summed E-state index contributed by atoms with van der Waals surface area (Å²) in [6.45, 7) is 8.89. The largest absolute Gasteiger partial charge is 0.460 e. The van der Waals surface area contributed by atoms with Crippen LogP contribution in [0, 0.1) is 24.2 Å². The van der Waals surface area contributed by atoms with Crippen LogP contribution in [0.2, 0.25) is 5.02 Å². The number of amides is 1. The number of piperidine rings is 1. The molecule has 2 heterocycles. The number of halogens is 1. The Labute approximate surface area is 284 Å². The van der Waals surface area contributed by atoms with E-state index in [0.717, 1.165) is 49.5 Å². The van der Waals surface area contributed by atoms with E-state index in [1.165, 1.54) is 24.0 Å². The highest BCUT2D eigenvalue weighted by Crippen LogP contribution is 2.28. The Kier molecular flexibility index (Phi) is 12.3. The molecular weight excluding hydrogens is 606 g/mol. The zero-order valence-electron chi connectivity index (χ0n) is 27.7. The first kappa shape index (κ1) is 34.4. The van der Waals surface area contributed by atoms with Crippen LogP contribution in [0.3, 0.4) is 0 Å². The number of hydrogen-bond donors (Lipinski definition) is 3. The van der Waals surface area contributed by atoms with E-state index in [2.05, 4.69) is 72.1 Å². The Morgan fingerprint density at radius 2 is 1.79 bits per heavy atom. The molecule has 1 fully saturated rings. The second-order valence-corrected chi connectivity index (χ2v) is 13.3. The molecule has 1 saturated heterocycles. The van der Waals surface area contributed by atoms with Gasteiger partial charge in [-0.1, -0.05) is 53.6 Å². The Morgan fingerprint density at radius 3 is 2.51 bits per heavy atom. The zero-order valence-corrected chi connectivity index (χ0v) is 28.4. The van der Waals surface area contributed by atoms with Crippen LogP contribution >= 0.6 is 11.6 Å². The van der Waals surface area contributed by atoms with Gasteiger partial charge in [-0.3, -0.25) is 4.79 Å². The maximum atomic E-state index is 13.7. The van der Waals surface area contributed by atoms with Crippen molar-refractivity contribution < 1.29 is 9.21 Å². The van der Waals surface area contributed by atoms with Gasteiger partial charge in [-0.25, -0.2) is 0 Å². The van der Waals surface area contributed by atoms with Gasteiger partial charge in [0.1, 0.15) is 11.5 Å². The number of furan rings is 1. The summed E-state index contributed by atoms with van der Waals surface area (Å²) in [5, 5.41) is 20.0. The first-order valence-corrected chi connectivity index (χ1v) is 17.0. The van der Waals surface area contributed by atoms with Crippen LogP contribution in [0.5, 0.6) is 0 Å². The minimum Gasteiger partial charge on any atom is -0.460 e. The van der Waals surface area contributed by atoms with Crippen LogP contribution in [-0.2, 0) is 13.0 Å². The summed E-state index contributed by atoms with van der Waals surface area (Å²) in [5.74, 6) is 1.97. The quantitative estimate of drug-likeness (QED) is 0.124. The van der Waals surface area contributed by atoms with E-state index in [1.807, 2.05) is 42.5 Å². The molecule has 5 rings (SSSR count). The molecule has 0 bridgehead atoms. The van der Waals surface area contributed by atoms with Crippen molar-refractivity contribution in [3.8, 4) is 17.4 Å². The number of likely N-dealkylation sites (tertiary alicyclic amines) is 1. The van der Waals surface area contributed by atoms with Gasteiger partial charge in [0, 0.05) is 17.6 Å². The molecule has 4 aromatic rings. The van der Waals surface area contributed by atoms with Crippen LogP contribution < -0.4 is 16.0 Å². The lowest BCUT2D eigenvalue weighted by molar-refractivity contribution is 0.0935. The Hall–Kier alpha value is -3.93. The van der Waals surface area contributed by atoms with Gasteiger partial charge in [0.25, 0.3) is 5.91 Å². The van der Waals surface area contributed by atoms with Gasteiger partial charge in [0.2, 0.25) is 0 Å². The number of aryl methyl sites for hydroxylation is 1. The van der Waals surface area contributed by atoms with Crippen molar-refractivity contribution in [3.05, 3.63) is 117 Å². The predicted molar refractivity (Wildman–Crippen MR) is 189 cm³/mol. The molecule has 3 aromatic carbocycles. The van der Waals surface area contributed by atoms with E-state index in [0.29, 0.717) is 40.8 Å². The lowest BCUT2D eigenvalue weighted by atomic mass is 9.97. The Bertz CT molecular complexity index is 1640. The number of hydrogen-bond acceptors (Lipinski definition) is 6. The molecular formula is C39H46ClN5O2. The highest BCUT2D eigenvalue weighted by molar-refractivity contribution is 6.34. The van der Waals surface area contributed by atoms with Gasteiger partial charge >= 0.3 is 0 Å². The number of benzene rings is 3. The third-order valence-electron chi connectivity index (χ3n) is 9.16. The Balaban J connectivity index is 1.22. The Morgan fingerprint density at radius 1 is 1.04 bits per heavy atom. The monoisotopic (exact) mass is 651 g/mol. The highest BCUT2D eigenvalue weighted by atomic mass is 35.5. The van der Waals surface area contributed by atoms with Crippen LogP contribution in [0.4, 0.5) is 0 Å². The predicted octanol–water partition coefficient (Wildman–Crippen LogP) is 7.29. The van der Waals surface area contributed by atoms with Gasteiger partial charge in [0.15, 0.2) is 0 Å². The van der Waals surface area contributed by atoms with Crippen LogP contribution in [0.1, 0.15) is 70.6 Å². The lowest BCUT2D eigenvalue weighted by Gasteiger charge is -2.29. The molecule has 0 aliphatic carbocycles. The van der Waals surface area contributed by atoms with Gasteiger partial charge in [-0.2, -0.15) is 5.26 Å². The van der Waals surface area contributed by atoms with Gasteiger partial charge in [-0.05, 0) is 132 Å². The van der Waals surface area contributed by atoms with E-state index in [1.54, 1.807) is 12.1 Å². The topological polar surface area (TPSA) is 93.3 Å². The molecule has 2 atom stereocenters. The average molecular weight is 652 g/mol. The fourth-order valence-corrected chi connectivity index (χ4v) is 6.25. The minimum atomic E-state index is -0.216. The van der Waals surface area contributed by atoms with Crippen LogP contribution in [-0.4, -0.2) is 50.1 Å². The van der Waals surface area contributed by atoms with Crippen molar-refractivity contribution in [2.75, 3.05) is 33.2 Å². The van der Waals surface area contributed by atoms with Crippen molar-refractivity contribution >= 4 is 17.5 Å². The number of nitriles is 1. The maximum Gasteiger partial charge on any atom is 0.253 e. The summed E-state index contributed by atoms with van der Waals surface area (Å²) >= 11 is 6.59. The second-order valence-electron chi connectivity index (χ2n) is 12.9. The maximum absolute atomic E-state index is 13.7. The minimum absolute atomic E-state index is 0.114. The zero-order chi connectivity index (χ0) is 33.2. The van der Waals surface area contributed by atoms with Crippen molar-refractivity contribution in [2.24, 2.45) is 5.92 Å². The number of carbonyl (C=O) groups is 1. The fourth-order valence-electron chi connectivity index (χ4n) is 6.04. The standard InChI is InChI=1S/C39H46ClN5O2/c1-27-4-10-32(11-5-27)28(2)43-26-35-13-15-38(47-35)33-12-14-37(40)36(23-33)39(46)44-34(22-29-6-8-30(24-41)9-7-29)16-19-42-25-31-17-20-45(3)21-18-31/h4-15,23,28,31,34,42-43H,16-22,25-26H2,1-3H3,(H,44,46)/t28-,34+/m1/s1. The van der Waals surface area contributed by atoms with E-state index in [4.69, 9.17) is 16.0 Å². The summed E-state index contributed by atoms with van der Waals surface area (Å²) in [6, 6.07) is 27.7. The smallest absolute Gasteiger partial charge is 0.253 e. The molecule has 0 spiro atoms. The summed E-state index contributed by atoms with van der Waals surface area (Å²) in [7, 11) is 2.18. The van der Waals surface area contributed by atoms with Gasteiger partial charge in [0.05, 0.1) is 28.8 Å². The lowest BCUT2D eigenvalue weighted by Crippen LogP contribution is -2.40. The molecule has 0 radical (unpaired) electrons.